The van der Waals surface area contributed by atoms with Gasteiger partial charge in [-0.15, -0.1) is 0 Å². The standard InChI is InChI=1S/C12H15N3O3S/c16-12(10-1-2-11(19-10)15(17)18)13-9-7-14-5-3-8(9)4-6-14/h1-2,8-9H,3-7H2,(H,13,16)/t9-/m0/s1. The van der Waals surface area contributed by atoms with Crippen LogP contribution < -0.4 is 5.32 Å². The molecule has 0 saturated carbocycles. The van der Waals surface area contributed by atoms with Gasteiger partial charge in [-0.05, 0) is 37.9 Å². The number of nitrogens with zero attached hydrogens (tertiary/aromatic N) is 2. The molecule has 3 saturated heterocycles. The molecule has 3 aliphatic rings. The predicted octanol–water partition coefficient (Wildman–Crippen LogP) is 1.48. The van der Waals surface area contributed by atoms with Crippen molar-refractivity contribution in [3.63, 3.8) is 0 Å². The fourth-order valence-corrected chi connectivity index (χ4v) is 3.64. The second-order valence-electron chi connectivity index (χ2n) is 5.11. The molecule has 7 heteroatoms. The summed E-state index contributed by atoms with van der Waals surface area (Å²) >= 11 is 0.933. The van der Waals surface area contributed by atoms with Gasteiger partial charge in [0.25, 0.3) is 5.91 Å². The number of hydrogen-bond acceptors (Lipinski definition) is 5. The van der Waals surface area contributed by atoms with Crippen LogP contribution in [0.15, 0.2) is 12.1 Å². The van der Waals surface area contributed by atoms with E-state index in [0.717, 1.165) is 43.8 Å². The fourth-order valence-electron chi connectivity index (χ4n) is 2.92. The van der Waals surface area contributed by atoms with E-state index in [4.69, 9.17) is 0 Å². The average Bonchev–Trinajstić information content (AvgIpc) is 2.90. The molecule has 0 aliphatic carbocycles. The number of fused-ring (bicyclic) bond motifs is 3. The molecule has 0 unspecified atom stereocenters. The van der Waals surface area contributed by atoms with Crippen LogP contribution in [0, 0.1) is 16.0 Å². The third-order valence-electron chi connectivity index (χ3n) is 3.97. The van der Waals surface area contributed by atoms with Crippen molar-refractivity contribution in [1.82, 2.24) is 10.2 Å². The highest BCUT2D eigenvalue weighted by molar-refractivity contribution is 7.17. The molecule has 4 heterocycles. The number of carbonyl (C=O) groups excluding carboxylic acids is 1. The van der Waals surface area contributed by atoms with E-state index in [1.54, 1.807) is 0 Å². The maximum Gasteiger partial charge on any atom is 0.324 e. The van der Waals surface area contributed by atoms with Crippen molar-refractivity contribution >= 4 is 22.2 Å². The first-order valence-electron chi connectivity index (χ1n) is 6.41. The van der Waals surface area contributed by atoms with Crippen molar-refractivity contribution in [3.8, 4) is 0 Å². The van der Waals surface area contributed by atoms with Crippen LogP contribution in [-0.4, -0.2) is 41.4 Å². The molecular weight excluding hydrogens is 266 g/mol. The summed E-state index contributed by atoms with van der Waals surface area (Å²) < 4.78 is 0. The van der Waals surface area contributed by atoms with E-state index in [1.807, 2.05) is 0 Å². The first-order valence-corrected chi connectivity index (χ1v) is 7.22. The lowest BCUT2D eigenvalue weighted by atomic mass is 9.84. The smallest absolute Gasteiger partial charge is 0.324 e. The van der Waals surface area contributed by atoms with E-state index in [9.17, 15) is 14.9 Å². The first kappa shape index (κ1) is 12.6. The zero-order chi connectivity index (χ0) is 13.4. The van der Waals surface area contributed by atoms with Crippen molar-refractivity contribution in [3.05, 3.63) is 27.1 Å². The maximum atomic E-state index is 12.1. The van der Waals surface area contributed by atoms with Crippen molar-refractivity contribution in [2.75, 3.05) is 19.6 Å². The Morgan fingerprint density at radius 2 is 2.16 bits per heavy atom. The molecule has 2 bridgehead atoms. The Hall–Kier alpha value is -1.47. The molecule has 6 nitrogen and oxygen atoms in total. The number of thiophene rings is 1. The third-order valence-corrected chi connectivity index (χ3v) is 5.00. The van der Waals surface area contributed by atoms with Crippen LogP contribution in [0.4, 0.5) is 5.00 Å². The Bertz CT molecular complexity index is 508. The van der Waals surface area contributed by atoms with Gasteiger partial charge < -0.3 is 10.2 Å². The van der Waals surface area contributed by atoms with Crippen molar-refractivity contribution < 1.29 is 9.72 Å². The van der Waals surface area contributed by atoms with Crippen molar-refractivity contribution in [2.24, 2.45) is 5.92 Å². The second kappa shape index (κ2) is 4.90. The monoisotopic (exact) mass is 281 g/mol. The van der Waals surface area contributed by atoms with Crippen LogP contribution in [0.25, 0.3) is 0 Å². The zero-order valence-corrected chi connectivity index (χ0v) is 11.2. The quantitative estimate of drug-likeness (QED) is 0.672. The second-order valence-corrected chi connectivity index (χ2v) is 6.18. The summed E-state index contributed by atoms with van der Waals surface area (Å²) in [5, 5.41) is 13.6. The van der Waals surface area contributed by atoms with Gasteiger partial charge in [0.05, 0.1) is 9.80 Å². The summed E-state index contributed by atoms with van der Waals surface area (Å²) in [5.41, 5.74) is 0. The summed E-state index contributed by atoms with van der Waals surface area (Å²) in [6, 6.07) is 3.10. The van der Waals surface area contributed by atoms with Crippen LogP contribution in [0.3, 0.4) is 0 Å². The lowest BCUT2D eigenvalue weighted by molar-refractivity contribution is -0.380. The number of amides is 1. The Morgan fingerprint density at radius 1 is 1.42 bits per heavy atom. The third kappa shape index (κ3) is 2.48. The van der Waals surface area contributed by atoms with Gasteiger partial charge in [0, 0.05) is 18.7 Å². The highest BCUT2D eigenvalue weighted by atomic mass is 32.1. The molecule has 4 rings (SSSR count). The predicted molar refractivity (Wildman–Crippen MR) is 71.4 cm³/mol. The average molecular weight is 281 g/mol. The topological polar surface area (TPSA) is 75.5 Å². The molecular formula is C12H15N3O3S. The number of hydrogen-bond donors (Lipinski definition) is 1. The van der Waals surface area contributed by atoms with Crippen molar-refractivity contribution in [2.45, 2.75) is 18.9 Å². The summed E-state index contributed by atoms with van der Waals surface area (Å²) in [5.74, 6) is 0.376. The minimum atomic E-state index is -0.463. The lowest BCUT2D eigenvalue weighted by Crippen LogP contribution is -2.57. The molecule has 1 aromatic rings. The van der Waals surface area contributed by atoms with Gasteiger partial charge in [-0.2, -0.15) is 0 Å². The Labute approximate surface area is 114 Å². The normalized spacial score (nSPS) is 29.2. The van der Waals surface area contributed by atoms with Crippen LogP contribution in [-0.2, 0) is 0 Å². The Balaban J connectivity index is 1.66. The Morgan fingerprint density at radius 3 is 2.68 bits per heavy atom. The fraction of sp³-hybridized carbons (Fsp3) is 0.583. The summed E-state index contributed by atoms with van der Waals surface area (Å²) in [4.78, 5) is 25.0. The minimum absolute atomic E-state index is 0.0130. The van der Waals surface area contributed by atoms with Crippen molar-refractivity contribution in [1.29, 1.82) is 0 Å². The van der Waals surface area contributed by atoms with Gasteiger partial charge in [-0.3, -0.25) is 14.9 Å². The number of rotatable bonds is 3. The molecule has 0 spiro atoms. The van der Waals surface area contributed by atoms with Gasteiger partial charge in [0.2, 0.25) is 0 Å². The number of carbonyl (C=O) groups is 1. The molecule has 1 aromatic heterocycles. The van der Waals surface area contributed by atoms with Crippen LogP contribution in [0.5, 0.6) is 0 Å². The molecule has 1 atom stereocenters. The highest BCUT2D eigenvalue weighted by Gasteiger charge is 2.35. The van der Waals surface area contributed by atoms with Crippen LogP contribution in [0.1, 0.15) is 22.5 Å². The molecule has 19 heavy (non-hydrogen) atoms. The molecule has 102 valence electrons. The SMILES string of the molecule is O=C(N[C@H]1CN2CCC1CC2)c1ccc([N+](=O)[O-])s1. The highest BCUT2D eigenvalue weighted by Crippen LogP contribution is 2.28. The summed E-state index contributed by atoms with van der Waals surface area (Å²) in [7, 11) is 0. The van der Waals surface area contributed by atoms with E-state index >= 15 is 0 Å². The zero-order valence-electron chi connectivity index (χ0n) is 10.4. The largest absolute Gasteiger partial charge is 0.347 e. The van der Waals surface area contributed by atoms with E-state index in [-0.39, 0.29) is 17.0 Å². The van der Waals surface area contributed by atoms with Gasteiger partial charge in [0.1, 0.15) is 0 Å². The maximum absolute atomic E-state index is 12.1. The molecule has 1 amide bonds. The minimum Gasteiger partial charge on any atom is -0.347 e. The van der Waals surface area contributed by atoms with E-state index in [2.05, 4.69) is 10.2 Å². The Kier molecular flexibility index (Phi) is 3.24. The lowest BCUT2D eigenvalue weighted by Gasteiger charge is -2.44. The van der Waals surface area contributed by atoms with Crippen LogP contribution >= 0.6 is 11.3 Å². The molecule has 3 fully saturated rings. The number of nitro groups is 1. The van der Waals surface area contributed by atoms with E-state index in [0.29, 0.717) is 10.8 Å². The number of piperidine rings is 3. The number of nitrogens with one attached hydrogen (secondary N) is 1. The van der Waals surface area contributed by atoms with Gasteiger partial charge in [-0.1, -0.05) is 11.3 Å². The van der Waals surface area contributed by atoms with Crippen LogP contribution in [0.2, 0.25) is 0 Å². The summed E-state index contributed by atoms with van der Waals surface area (Å²) in [6.07, 6.45) is 2.27. The summed E-state index contributed by atoms with van der Waals surface area (Å²) in [6.45, 7) is 3.16. The molecule has 3 aliphatic heterocycles. The van der Waals surface area contributed by atoms with Gasteiger partial charge in [-0.25, -0.2) is 0 Å². The molecule has 0 radical (unpaired) electrons. The first-order chi connectivity index (χ1) is 9.13. The van der Waals surface area contributed by atoms with E-state index < -0.39 is 4.92 Å². The molecule has 0 aromatic carbocycles. The van der Waals surface area contributed by atoms with Gasteiger partial charge in [0.15, 0.2) is 0 Å². The molecule has 1 N–H and O–H groups in total. The van der Waals surface area contributed by atoms with E-state index in [1.165, 1.54) is 12.1 Å². The van der Waals surface area contributed by atoms with Gasteiger partial charge >= 0.3 is 5.00 Å².